The summed E-state index contributed by atoms with van der Waals surface area (Å²) in [6.07, 6.45) is 1.68. The second kappa shape index (κ2) is 6.91. The number of hydrogen-bond donors (Lipinski definition) is 2. The number of hydrogen-bond acceptors (Lipinski definition) is 4. The van der Waals surface area contributed by atoms with Crippen molar-refractivity contribution < 1.29 is 9.84 Å². The van der Waals surface area contributed by atoms with Crippen LogP contribution >= 0.6 is 0 Å². The summed E-state index contributed by atoms with van der Waals surface area (Å²) in [5, 5.41) is 12.9. The molecule has 2 N–H and O–H groups in total. The van der Waals surface area contributed by atoms with Crippen molar-refractivity contribution in [2.45, 2.75) is 19.9 Å². The average molecular weight is 236 g/mol. The van der Waals surface area contributed by atoms with Gasteiger partial charge in [-0.1, -0.05) is 13.8 Å². The molecule has 4 nitrogen and oxygen atoms in total. The Hall–Kier alpha value is -1.55. The van der Waals surface area contributed by atoms with Crippen LogP contribution in [-0.4, -0.2) is 37.6 Å². The molecule has 94 valence electrons. The Morgan fingerprint density at radius 3 is 2.82 bits per heavy atom. The SMILES string of the molecule is COc1ccc(C=NCCNC(C)C)c(O)c1. The predicted octanol–water partition coefficient (Wildman–Crippen LogP) is 1.82. The third-order valence-electron chi connectivity index (χ3n) is 2.26. The first kappa shape index (κ1) is 13.5. The van der Waals surface area contributed by atoms with Gasteiger partial charge in [0.1, 0.15) is 11.5 Å². The fraction of sp³-hybridized carbons (Fsp3) is 0.462. The van der Waals surface area contributed by atoms with Gasteiger partial charge in [0.25, 0.3) is 0 Å². The van der Waals surface area contributed by atoms with E-state index < -0.39 is 0 Å². The Balaban J connectivity index is 2.48. The minimum atomic E-state index is 0.185. The molecule has 1 aromatic carbocycles. The van der Waals surface area contributed by atoms with Gasteiger partial charge in [0.2, 0.25) is 0 Å². The summed E-state index contributed by atoms with van der Waals surface area (Å²) in [4.78, 5) is 4.24. The van der Waals surface area contributed by atoms with Crippen LogP contribution in [0.3, 0.4) is 0 Å². The van der Waals surface area contributed by atoms with Crippen molar-refractivity contribution in [3.63, 3.8) is 0 Å². The maximum atomic E-state index is 9.68. The van der Waals surface area contributed by atoms with Crippen LogP contribution in [0.15, 0.2) is 23.2 Å². The van der Waals surface area contributed by atoms with Crippen molar-refractivity contribution in [3.05, 3.63) is 23.8 Å². The van der Waals surface area contributed by atoms with Crippen molar-refractivity contribution >= 4 is 6.21 Å². The molecule has 0 aliphatic heterocycles. The van der Waals surface area contributed by atoms with Gasteiger partial charge in [-0.2, -0.15) is 0 Å². The van der Waals surface area contributed by atoms with Crippen molar-refractivity contribution in [3.8, 4) is 11.5 Å². The molecule has 4 heteroatoms. The number of rotatable bonds is 6. The van der Waals surface area contributed by atoms with E-state index in [1.54, 1.807) is 31.5 Å². The number of ether oxygens (including phenoxy) is 1. The lowest BCUT2D eigenvalue weighted by molar-refractivity contribution is 0.407. The molecule has 0 atom stereocenters. The molecule has 0 unspecified atom stereocenters. The number of phenols is 1. The predicted molar refractivity (Wildman–Crippen MR) is 70.3 cm³/mol. The molecular weight excluding hydrogens is 216 g/mol. The van der Waals surface area contributed by atoms with Gasteiger partial charge in [-0.05, 0) is 12.1 Å². The zero-order chi connectivity index (χ0) is 12.7. The van der Waals surface area contributed by atoms with Crippen LogP contribution < -0.4 is 10.1 Å². The molecule has 0 saturated carbocycles. The highest BCUT2D eigenvalue weighted by Gasteiger charge is 1.99. The molecule has 0 amide bonds. The third-order valence-corrected chi connectivity index (χ3v) is 2.26. The summed E-state index contributed by atoms with van der Waals surface area (Å²) in [6.45, 7) is 5.73. The monoisotopic (exact) mass is 236 g/mol. The van der Waals surface area contributed by atoms with Crippen molar-refractivity contribution in [1.82, 2.24) is 5.32 Å². The summed E-state index contributed by atoms with van der Waals surface area (Å²) >= 11 is 0. The molecule has 1 rings (SSSR count). The van der Waals surface area contributed by atoms with Crippen LogP contribution in [0.1, 0.15) is 19.4 Å². The second-order valence-corrected chi connectivity index (χ2v) is 4.07. The van der Waals surface area contributed by atoms with Gasteiger partial charge >= 0.3 is 0 Å². The second-order valence-electron chi connectivity index (χ2n) is 4.07. The van der Waals surface area contributed by atoms with Crippen molar-refractivity contribution in [2.75, 3.05) is 20.2 Å². The molecule has 0 bridgehead atoms. The summed E-state index contributed by atoms with van der Waals surface area (Å²) in [5.41, 5.74) is 0.704. The van der Waals surface area contributed by atoms with E-state index in [-0.39, 0.29) is 5.75 Å². The van der Waals surface area contributed by atoms with Crippen LogP contribution in [0.4, 0.5) is 0 Å². The normalized spacial score (nSPS) is 11.3. The average Bonchev–Trinajstić information content (AvgIpc) is 2.30. The third kappa shape index (κ3) is 4.87. The Kier molecular flexibility index (Phi) is 5.49. The minimum Gasteiger partial charge on any atom is -0.507 e. The molecule has 0 fully saturated rings. The minimum absolute atomic E-state index is 0.185. The highest BCUT2D eigenvalue weighted by Crippen LogP contribution is 2.21. The smallest absolute Gasteiger partial charge is 0.128 e. The van der Waals surface area contributed by atoms with Crippen LogP contribution in [0.5, 0.6) is 11.5 Å². The molecule has 0 heterocycles. The maximum absolute atomic E-state index is 9.68. The molecular formula is C13H20N2O2. The summed E-state index contributed by atoms with van der Waals surface area (Å²) < 4.78 is 5.00. The van der Waals surface area contributed by atoms with Crippen LogP contribution in [0.2, 0.25) is 0 Å². The fourth-order valence-electron chi connectivity index (χ4n) is 1.34. The van der Waals surface area contributed by atoms with Gasteiger partial charge in [0.15, 0.2) is 0 Å². The van der Waals surface area contributed by atoms with Gasteiger partial charge in [0.05, 0.1) is 13.7 Å². The van der Waals surface area contributed by atoms with E-state index in [0.29, 0.717) is 23.9 Å². The number of phenolic OH excluding ortho intramolecular Hbond substituents is 1. The number of aliphatic imine (C=N–C) groups is 1. The summed E-state index contributed by atoms with van der Waals surface area (Å²) in [6, 6.07) is 5.63. The Labute approximate surface area is 102 Å². The van der Waals surface area contributed by atoms with Gasteiger partial charge in [-0.25, -0.2) is 0 Å². The van der Waals surface area contributed by atoms with E-state index in [2.05, 4.69) is 24.2 Å². The van der Waals surface area contributed by atoms with E-state index >= 15 is 0 Å². The zero-order valence-electron chi connectivity index (χ0n) is 10.6. The molecule has 0 aromatic heterocycles. The molecule has 0 radical (unpaired) electrons. The van der Waals surface area contributed by atoms with Gasteiger partial charge in [-0.15, -0.1) is 0 Å². The fourth-order valence-corrected chi connectivity index (χ4v) is 1.34. The Bertz CT molecular complexity index is 376. The van der Waals surface area contributed by atoms with E-state index in [0.717, 1.165) is 6.54 Å². The van der Waals surface area contributed by atoms with E-state index in [4.69, 9.17) is 4.74 Å². The van der Waals surface area contributed by atoms with Crippen molar-refractivity contribution in [1.29, 1.82) is 0 Å². The largest absolute Gasteiger partial charge is 0.507 e. The summed E-state index contributed by atoms with van der Waals surface area (Å²) in [5.74, 6) is 0.825. The number of benzene rings is 1. The van der Waals surface area contributed by atoms with E-state index in [1.165, 1.54) is 0 Å². The molecule has 0 aliphatic rings. The maximum Gasteiger partial charge on any atom is 0.128 e. The number of nitrogens with one attached hydrogen (secondary N) is 1. The van der Waals surface area contributed by atoms with Gasteiger partial charge in [0, 0.05) is 30.4 Å². The summed E-state index contributed by atoms with van der Waals surface area (Å²) in [7, 11) is 1.57. The first-order chi connectivity index (χ1) is 8.13. The zero-order valence-corrected chi connectivity index (χ0v) is 10.6. The van der Waals surface area contributed by atoms with Crippen LogP contribution in [-0.2, 0) is 0 Å². The molecule has 0 spiro atoms. The lowest BCUT2D eigenvalue weighted by Gasteiger charge is -2.05. The molecule has 17 heavy (non-hydrogen) atoms. The van der Waals surface area contributed by atoms with Crippen LogP contribution in [0.25, 0.3) is 0 Å². The first-order valence-electron chi connectivity index (χ1n) is 5.73. The Morgan fingerprint density at radius 2 is 2.24 bits per heavy atom. The standard InChI is InChI=1S/C13H20N2O2/c1-10(2)15-7-6-14-9-11-4-5-12(17-3)8-13(11)16/h4-5,8-10,15-16H,6-7H2,1-3H3. The number of aromatic hydroxyl groups is 1. The first-order valence-corrected chi connectivity index (χ1v) is 5.73. The molecule has 0 saturated heterocycles. The number of nitrogens with zero attached hydrogens (tertiary/aromatic N) is 1. The topological polar surface area (TPSA) is 53.8 Å². The highest BCUT2D eigenvalue weighted by atomic mass is 16.5. The quantitative estimate of drug-likeness (QED) is 0.585. The highest BCUT2D eigenvalue weighted by molar-refractivity contribution is 5.83. The van der Waals surface area contributed by atoms with Gasteiger partial charge < -0.3 is 15.2 Å². The molecule has 0 aliphatic carbocycles. The van der Waals surface area contributed by atoms with Gasteiger partial charge in [-0.3, -0.25) is 4.99 Å². The lowest BCUT2D eigenvalue weighted by atomic mass is 10.2. The van der Waals surface area contributed by atoms with E-state index in [1.807, 2.05) is 0 Å². The number of methoxy groups -OCH3 is 1. The van der Waals surface area contributed by atoms with Crippen molar-refractivity contribution in [2.24, 2.45) is 4.99 Å². The molecule has 1 aromatic rings. The van der Waals surface area contributed by atoms with Crippen LogP contribution in [0, 0.1) is 0 Å². The Morgan fingerprint density at radius 1 is 1.47 bits per heavy atom. The van der Waals surface area contributed by atoms with E-state index in [9.17, 15) is 5.11 Å². The lowest BCUT2D eigenvalue weighted by Crippen LogP contribution is -2.25.